The number of nitrogens with zero attached hydrogens (tertiary/aromatic N) is 1. The van der Waals surface area contributed by atoms with Crippen molar-refractivity contribution in [2.24, 2.45) is 29.1 Å². The highest BCUT2D eigenvalue weighted by Gasteiger charge is 2.51. The lowest BCUT2D eigenvalue weighted by Gasteiger charge is -2.56. The maximum absolute atomic E-state index is 15.3. The summed E-state index contributed by atoms with van der Waals surface area (Å²) in [4.78, 5) is 26.1. The van der Waals surface area contributed by atoms with E-state index in [0.29, 0.717) is 12.4 Å². The highest BCUT2D eigenvalue weighted by molar-refractivity contribution is 5.97. The van der Waals surface area contributed by atoms with Crippen LogP contribution >= 0.6 is 0 Å². The van der Waals surface area contributed by atoms with E-state index in [0.717, 1.165) is 41.1 Å². The first-order valence-electron chi connectivity index (χ1n) is 12.9. The van der Waals surface area contributed by atoms with Gasteiger partial charge in [-0.3, -0.25) is 4.79 Å². The molecule has 1 aromatic carbocycles. The summed E-state index contributed by atoms with van der Waals surface area (Å²) >= 11 is 0. The molecular formula is C27H34FNO5. The van der Waals surface area contributed by atoms with Gasteiger partial charge in [0.25, 0.3) is 5.91 Å². The summed E-state index contributed by atoms with van der Waals surface area (Å²) in [6.07, 6.45) is 8.72. The number of aliphatic hydroxyl groups is 1. The number of amides is 1. The second-order valence-electron chi connectivity index (χ2n) is 12.0. The largest absolute Gasteiger partial charge is 0.493 e. The minimum Gasteiger partial charge on any atom is -0.493 e. The van der Waals surface area contributed by atoms with Gasteiger partial charge in [0.2, 0.25) is 0 Å². The van der Waals surface area contributed by atoms with Gasteiger partial charge in [0.05, 0.1) is 18.3 Å². The fraction of sp³-hybridized carbons (Fsp3) is 0.704. The molecule has 1 aliphatic heterocycles. The predicted octanol–water partition coefficient (Wildman–Crippen LogP) is 4.20. The third-order valence-corrected chi connectivity index (χ3v) is 9.38. The number of benzene rings is 1. The van der Waals surface area contributed by atoms with Crippen LogP contribution in [0.15, 0.2) is 12.1 Å². The van der Waals surface area contributed by atoms with Gasteiger partial charge in [0, 0.05) is 23.9 Å². The molecule has 184 valence electrons. The van der Waals surface area contributed by atoms with E-state index in [1.807, 2.05) is 0 Å². The molecule has 3 atom stereocenters. The van der Waals surface area contributed by atoms with Crippen molar-refractivity contribution < 1.29 is 28.9 Å². The molecule has 6 aliphatic rings. The zero-order valence-corrected chi connectivity index (χ0v) is 19.7. The number of hydrogen-bond acceptors (Lipinski definition) is 4. The molecule has 5 saturated carbocycles. The molecule has 1 saturated heterocycles. The zero-order chi connectivity index (χ0) is 23.8. The van der Waals surface area contributed by atoms with Crippen LogP contribution in [0.1, 0.15) is 80.1 Å². The molecule has 6 nitrogen and oxygen atoms in total. The van der Waals surface area contributed by atoms with E-state index in [2.05, 4.69) is 0 Å². The number of ether oxygens (including phenoxy) is 1. The van der Waals surface area contributed by atoms with Crippen LogP contribution in [0.2, 0.25) is 0 Å². The van der Waals surface area contributed by atoms with Gasteiger partial charge in [-0.25, -0.2) is 9.18 Å². The van der Waals surface area contributed by atoms with Crippen LogP contribution in [0.25, 0.3) is 0 Å². The summed E-state index contributed by atoms with van der Waals surface area (Å²) in [6, 6.07) is 1.75. The second kappa shape index (κ2) is 7.94. The molecule has 34 heavy (non-hydrogen) atoms. The zero-order valence-electron chi connectivity index (χ0n) is 19.7. The quantitative estimate of drug-likeness (QED) is 0.649. The number of rotatable bonds is 6. The first kappa shape index (κ1) is 22.3. The third-order valence-electron chi connectivity index (χ3n) is 9.38. The molecular weight excluding hydrogens is 437 g/mol. The summed E-state index contributed by atoms with van der Waals surface area (Å²) in [5, 5.41) is 19.8. The number of aliphatic carboxylic acids is 1. The molecule has 4 bridgehead atoms. The van der Waals surface area contributed by atoms with E-state index >= 15 is 4.39 Å². The Hall–Kier alpha value is -2.15. The van der Waals surface area contributed by atoms with E-state index in [-0.39, 0.29) is 23.4 Å². The summed E-state index contributed by atoms with van der Waals surface area (Å²) in [7, 11) is 0. The van der Waals surface area contributed by atoms with Crippen molar-refractivity contribution in [2.75, 3.05) is 13.2 Å². The molecule has 2 N–H and O–H groups in total. The number of aliphatic hydroxyl groups excluding tert-OH is 1. The van der Waals surface area contributed by atoms with Crippen molar-refractivity contribution in [3.63, 3.8) is 0 Å². The topological polar surface area (TPSA) is 87.1 Å². The first-order chi connectivity index (χ1) is 16.2. The molecule has 6 fully saturated rings. The minimum atomic E-state index is -1.18. The van der Waals surface area contributed by atoms with Crippen molar-refractivity contribution in [1.82, 2.24) is 4.90 Å². The number of hydrogen-bond donors (Lipinski definition) is 2. The van der Waals surface area contributed by atoms with Gasteiger partial charge in [-0.05, 0) is 86.7 Å². The van der Waals surface area contributed by atoms with Gasteiger partial charge in [-0.1, -0.05) is 6.92 Å². The lowest BCUT2D eigenvalue weighted by atomic mass is 9.50. The Balaban J connectivity index is 1.25. The van der Waals surface area contributed by atoms with Crippen LogP contribution in [0.3, 0.4) is 0 Å². The molecule has 0 aromatic heterocycles. The smallest absolute Gasteiger partial charge is 0.326 e. The molecule has 7 rings (SSSR count). The van der Waals surface area contributed by atoms with E-state index in [9.17, 15) is 19.8 Å². The van der Waals surface area contributed by atoms with Crippen molar-refractivity contribution in [2.45, 2.75) is 76.4 Å². The summed E-state index contributed by atoms with van der Waals surface area (Å²) in [5.74, 6) is 0.0652. The van der Waals surface area contributed by atoms with Gasteiger partial charge in [-0.2, -0.15) is 0 Å². The van der Waals surface area contributed by atoms with Crippen LogP contribution in [0.5, 0.6) is 5.75 Å². The molecule has 0 spiro atoms. The monoisotopic (exact) mass is 471 g/mol. The molecule has 0 unspecified atom stereocenters. The summed E-state index contributed by atoms with van der Waals surface area (Å²) in [5.41, 5.74) is 0.933. The number of carboxylic acid groups (broad SMARTS) is 1. The summed E-state index contributed by atoms with van der Waals surface area (Å²) < 4.78 is 21.6. The standard InChI is InChI=1S/C27H34FNO5/c1-14-22(30)12-29(24(14)26(32)33)25(31)20-7-19(18-2-3-18)23(8-21(20)28)34-13-27-9-15-4-16(10-27)6-17(5-15)11-27/h7-8,14-18,22,24,30H,2-6,9-13H2,1H3,(H,32,33)/t14-,15?,16?,17?,22-,24+,27?/m1/s1. The predicted molar refractivity (Wildman–Crippen MR) is 122 cm³/mol. The van der Waals surface area contributed by atoms with Gasteiger partial charge in [-0.15, -0.1) is 0 Å². The van der Waals surface area contributed by atoms with Crippen LogP contribution in [-0.4, -0.2) is 52.3 Å². The van der Waals surface area contributed by atoms with Crippen molar-refractivity contribution in [3.8, 4) is 5.75 Å². The van der Waals surface area contributed by atoms with Crippen molar-refractivity contribution in [3.05, 3.63) is 29.1 Å². The van der Waals surface area contributed by atoms with E-state index in [1.165, 1.54) is 44.6 Å². The molecule has 7 heteroatoms. The normalized spacial score (nSPS) is 38.4. The lowest BCUT2D eigenvalue weighted by Crippen LogP contribution is -2.48. The maximum atomic E-state index is 15.3. The maximum Gasteiger partial charge on any atom is 0.326 e. The van der Waals surface area contributed by atoms with Crippen LogP contribution < -0.4 is 4.74 Å². The molecule has 1 aromatic rings. The minimum absolute atomic E-state index is 0.112. The SMILES string of the molecule is C[C@@H]1[C@H](O)CN(C(=O)c2cc(C3CC3)c(OCC34CC5CC(CC(C5)C3)C4)cc2F)[C@@H]1C(=O)O. The van der Waals surface area contributed by atoms with E-state index in [4.69, 9.17) is 4.74 Å². The van der Waals surface area contributed by atoms with Crippen molar-refractivity contribution >= 4 is 11.9 Å². The van der Waals surface area contributed by atoms with Gasteiger partial charge < -0.3 is 19.8 Å². The highest BCUT2D eigenvalue weighted by Crippen LogP contribution is 2.60. The van der Waals surface area contributed by atoms with Crippen molar-refractivity contribution in [1.29, 1.82) is 0 Å². The Morgan fingerprint density at radius 1 is 1.12 bits per heavy atom. The van der Waals surface area contributed by atoms with E-state index < -0.39 is 35.8 Å². The van der Waals surface area contributed by atoms with Crippen LogP contribution in [-0.2, 0) is 4.79 Å². The average Bonchev–Trinajstić information content (AvgIpc) is 3.56. The molecule has 1 amide bonds. The van der Waals surface area contributed by atoms with Gasteiger partial charge in [0.15, 0.2) is 0 Å². The number of β-amino-alcohol motifs (C(OH)–C–C–N with tert-alkyl or cyclic N) is 1. The number of carboxylic acids is 1. The fourth-order valence-electron chi connectivity index (χ4n) is 7.97. The Labute approximate surface area is 199 Å². The van der Waals surface area contributed by atoms with Gasteiger partial charge >= 0.3 is 5.97 Å². The number of likely N-dealkylation sites (tertiary alicyclic amines) is 1. The Bertz CT molecular complexity index is 985. The lowest BCUT2D eigenvalue weighted by molar-refractivity contribution is -0.142. The number of carbonyl (C=O) groups excluding carboxylic acids is 1. The fourth-order valence-corrected chi connectivity index (χ4v) is 7.97. The summed E-state index contributed by atoms with van der Waals surface area (Å²) in [6.45, 7) is 2.10. The van der Waals surface area contributed by atoms with Crippen LogP contribution in [0.4, 0.5) is 4.39 Å². The highest BCUT2D eigenvalue weighted by atomic mass is 19.1. The Morgan fingerprint density at radius 2 is 1.74 bits per heavy atom. The van der Waals surface area contributed by atoms with Crippen LogP contribution in [0, 0.1) is 34.9 Å². The Morgan fingerprint density at radius 3 is 2.29 bits per heavy atom. The number of carbonyl (C=O) groups is 2. The second-order valence-corrected chi connectivity index (χ2v) is 12.0. The van der Waals surface area contributed by atoms with E-state index in [1.54, 1.807) is 13.0 Å². The van der Waals surface area contributed by atoms with Gasteiger partial charge in [0.1, 0.15) is 17.6 Å². The average molecular weight is 472 g/mol. The number of halogens is 1. The molecule has 5 aliphatic carbocycles. The third kappa shape index (κ3) is 3.71. The Kier molecular flexibility index (Phi) is 5.21. The molecule has 0 radical (unpaired) electrons. The first-order valence-corrected chi connectivity index (χ1v) is 12.9. The molecule has 1 heterocycles.